The summed E-state index contributed by atoms with van der Waals surface area (Å²) in [6.45, 7) is 6.65. The van der Waals surface area contributed by atoms with E-state index in [-0.39, 0.29) is 5.56 Å². The Bertz CT molecular complexity index is 843. The molecule has 2 rings (SSSR count). The third kappa shape index (κ3) is 6.95. The van der Waals surface area contributed by atoms with Gasteiger partial charge in [-0.3, -0.25) is 4.79 Å². The molecule has 0 fully saturated rings. The Morgan fingerprint density at radius 1 is 0.933 bits per heavy atom. The van der Waals surface area contributed by atoms with E-state index in [0.29, 0.717) is 43.6 Å². The van der Waals surface area contributed by atoms with Crippen molar-refractivity contribution in [2.24, 2.45) is 0 Å². The molecule has 0 radical (unpaired) electrons. The van der Waals surface area contributed by atoms with Gasteiger partial charge >= 0.3 is 5.97 Å². The zero-order valence-electron chi connectivity index (χ0n) is 17.3. The van der Waals surface area contributed by atoms with Crippen LogP contribution in [-0.2, 0) is 16.1 Å². The van der Waals surface area contributed by atoms with Gasteiger partial charge in [0, 0.05) is 11.0 Å². The van der Waals surface area contributed by atoms with Crippen LogP contribution >= 0.6 is 15.9 Å². The highest BCUT2D eigenvalue weighted by Crippen LogP contribution is 2.39. The smallest absolute Gasteiger partial charge is 0.338 e. The van der Waals surface area contributed by atoms with Crippen LogP contribution in [0.3, 0.4) is 0 Å². The molecule has 0 aliphatic rings. The van der Waals surface area contributed by atoms with Crippen LogP contribution in [0.5, 0.6) is 17.2 Å². The molecule has 0 heterocycles. The number of halogens is 1. The van der Waals surface area contributed by atoms with Gasteiger partial charge in [-0.1, -0.05) is 28.1 Å². The lowest BCUT2D eigenvalue weighted by molar-refractivity contribution is -0.124. The van der Waals surface area contributed by atoms with Crippen molar-refractivity contribution in [1.29, 1.82) is 0 Å². The second-order valence-electron chi connectivity index (χ2n) is 6.08. The first-order valence-electron chi connectivity index (χ1n) is 9.73. The van der Waals surface area contributed by atoms with Gasteiger partial charge in [-0.15, -0.1) is 0 Å². The van der Waals surface area contributed by atoms with E-state index in [4.69, 9.17) is 18.9 Å². The average Bonchev–Trinajstić information content (AvgIpc) is 2.73. The molecule has 0 aromatic heterocycles. The summed E-state index contributed by atoms with van der Waals surface area (Å²) in [5.74, 6) is 0.152. The lowest BCUT2D eigenvalue weighted by Gasteiger charge is -2.16. The van der Waals surface area contributed by atoms with Crippen LogP contribution in [0, 0.1) is 0 Å². The minimum Gasteiger partial charge on any atom is -0.490 e. The fourth-order valence-electron chi connectivity index (χ4n) is 2.62. The Labute approximate surface area is 184 Å². The van der Waals surface area contributed by atoms with Crippen LogP contribution < -0.4 is 19.5 Å². The number of nitrogens with one attached hydrogen (secondary N) is 1. The SMILES string of the molecule is CCOc1cc(C(=O)OCC(=O)NCc2cccc(Br)c2)cc(OCC)c1OCC. The highest BCUT2D eigenvalue weighted by Gasteiger charge is 2.19. The highest BCUT2D eigenvalue weighted by atomic mass is 79.9. The van der Waals surface area contributed by atoms with Gasteiger partial charge in [0.25, 0.3) is 5.91 Å². The summed E-state index contributed by atoms with van der Waals surface area (Å²) in [6, 6.07) is 10.6. The number of esters is 1. The Balaban J connectivity index is 2.03. The van der Waals surface area contributed by atoms with E-state index in [1.807, 2.05) is 45.0 Å². The zero-order chi connectivity index (χ0) is 21.9. The lowest BCUT2D eigenvalue weighted by atomic mass is 10.2. The summed E-state index contributed by atoms with van der Waals surface area (Å²) in [5.41, 5.74) is 1.14. The van der Waals surface area contributed by atoms with Gasteiger partial charge in [-0.25, -0.2) is 4.79 Å². The highest BCUT2D eigenvalue weighted by molar-refractivity contribution is 9.10. The third-order valence-electron chi connectivity index (χ3n) is 3.86. The second-order valence-corrected chi connectivity index (χ2v) is 7.00. The van der Waals surface area contributed by atoms with E-state index < -0.39 is 18.5 Å². The number of benzene rings is 2. The van der Waals surface area contributed by atoms with E-state index in [9.17, 15) is 9.59 Å². The number of hydrogen-bond acceptors (Lipinski definition) is 6. The molecule has 8 heteroatoms. The first-order chi connectivity index (χ1) is 14.5. The molecule has 1 amide bonds. The summed E-state index contributed by atoms with van der Waals surface area (Å²) >= 11 is 3.38. The van der Waals surface area contributed by atoms with E-state index in [1.54, 1.807) is 0 Å². The largest absolute Gasteiger partial charge is 0.490 e. The molecule has 7 nitrogen and oxygen atoms in total. The minimum atomic E-state index is -0.655. The van der Waals surface area contributed by atoms with Crippen molar-refractivity contribution in [2.75, 3.05) is 26.4 Å². The van der Waals surface area contributed by atoms with Crippen molar-refractivity contribution in [3.8, 4) is 17.2 Å². The average molecular weight is 480 g/mol. The minimum absolute atomic E-state index is 0.213. The predicted octanol–water partition coefficient (Wildman–Crippen LogP) is 4.12. The molecule has 0 saturated heterocycles. The number of amides is 1. The van der Waals surface area contributed by atoms with Gasteiger partial charge in [-0.05, 0) is 50.6 Å². The number of carbonyl (C=O) groups is 2. The third-order valence-corrected chi connectivity index (χ3v) is 4.35. The normalized spacial score (nSPS) is 10.3. The van der Waals surface area contributed by atoms with Crippen molar-refractivity contribution in [1.82, 2.24) is 5.32 Å². The fraction of sp³-hybridized carbons (Fsp3) is 0.364. The van der Waals surface area contributed by atoms with Crippen molar-refractivity contribution in [3.05, 3.63) is 52.0 Å². The van der Waals surface area contributed by atoms with Crippen LogP contribution in [0.4, 0.5) is 0 Å². The van der Waals surface area contributed by atoms with Crippen molar-refractivity contribution < 1.29 is 28.5 Å². The molecule has 30 heavy (non-hydrogen) atoms. The standard InChI is InChI=1S/C22H26BrNO6/c1-4-27-18-11-16(12-19(28-5-2)21(18)29-6-3)22(26)30-14-20(25)24-13-15-8-7-9-17(23)10-15/h7-12H,4-6,13-14H2,1-3H3,(H,24,25). The van der Waals surface area contributed by atoms with Gasteiger partial charge < -0.3 is 24.3 Å². The number of ether oxygens (including phenoxy) is 4. The van der Waals surface area contributed by atoms with Gasteiger partial charge in [0.15, 0.2) is 18.1 Å². The maximum Gasteiger partial charge on any atom is 0.338 e. The Hall–Kier alpha value is -2.74. The first kappa shape index (κ1) is 23.5. The predicted molar refractivity (Wildman–Crippen MR) is 116 cm³/mol. The van der Waals surface area contributed by atoms with E-state index in [1.165, 1.54) is 12.1 Å². The molecule has 2 aromatic rings. The first-order valence-corrected chi connectivity index (χ1v) is 10.5. The van der Waals surface area contributed by atoms with Crippen LogP contribution in [0.15, 0.2) is 40.9 Å². The second kappa shape index (κ2) is 12.1. The topological polar surface area (TPSA) is 83.1 Å². The van der Waals surface area contributed by atoms with E-state index in [2.05, 4.69) is 21.2 Å². The lowest BCUT2D eigenvalue weighted by Crippen LogP contribution is -2.28. The van der Waals surface area contributed by atoms with Crippen molar-refractivity contribution >= 4 is 27.8 Å². The van der Waals surface area contributed by atoms with Gasteiger partial charge in [0.1, 0.15) is 0 Å². The maximum atomic E-state index is 12.5. The molecule has 0 bridgehead atoms. The van der Waals surface area contributed by atoms with Gasteiger partial charge in [0.2, 0.25) is 5.75 Å². The van der Waals surface area contributed by atoms with Gasteiger partial charge in [0.05, 0.1) is 25.4 Å². The van der Waals surface area contributed by atoms with E-state index >= 15 is 0 Å². The van der Waals surface area contributed by atoms with Crippen molar-refractivity contribution in [2.45, 2.75) is 27.3 Å². The number of rotatable bonds is 11. The Morgan fingerprint density at radius 2 is 1.57 bits per heavy atom. The molecule has 0 aliphatic carbocycles. The van der Waals surface area contributed by atoms with Crippen LogP contribution in [0.1, 0.15) is 36.7 Å². The molecular weight excluding hydrogens is 454 g/mol. The Morgan fingerprint density at radius 3 is 2.13 bits per heavy atom. The molecule has 0 spiro atoms. The molecular formula is C22H26BrNO6. The number of hydrogen-bond donors (Lipinski definition) is 1. The quantitative estimate of drug-likeness (QED) is 0.488. The molecule has 0 atom stereocenters. The fourth-order valence-corrected chi connectivity index (χ4v) is 3.07. The summed E-state index contributed by atoms with van der Waals surface area (Å²) in [6.07, 6.45) is 0. The van der Waals surface area contributed by atoms with Crippen molar-refractivity contribution in [3.63, 3.8) is 0 Å². The molecule has 2 aromatic carbocycles. The molecule has 1 N–H and O–H groups in total. The van der Waals surface area contributed by atoms with E-state index in [0.717, 1.165) is 10.0 Å². The molecule has 0 aliphatic heterocycles. The van der Waals surface area contributed by atoms with Crippen LogP contribution in [0.25, 0.3) is 0 Å². The summed E-state index contributed by atoms with van der Waals surface area (Å²) in [4.78, 5) is 24.5. The summed E-state index contributed by atoms with van der Waals surface area (Å²) in [5, 5.41) is 2.72. The number of carbonyl (C=O) groups excluding carboxylic acids is 2. The summed E-state index contributed by atoms with van der Waals surface area (Å²) in [7, 11) is 0. The molecule has 0 saturated carbocycles. The van der Waals surface area contributed by atoms with Gasteiger partial charge in [-0.2, -0.15) is 0 Å². The maximum absolute atomic E-state index is 12.5. The monoisotopic (exact) mass is 479 g/mol. The van der Waals surface area contributed by atoms with Crippen LogP contribution in [0.2, 0.25) is 0 Å². The summed E-state index contributed by atoms with van der Waals surface area (Å²) < 4.78 is 22.9. The Kier molecular flexibility index (Phi) is 9.47. The van der Waals surface area contributed by atoms with Crippen LogP contribution in [-0.4, -0.2) is 38.3 Å². The molecule has 0 unspecified atom stereocenters. The zero-order valence-corrected chi connectivity index (χ0v) is 18.9. The molecule has 162 valence electrons.